The van der Waals surface area contributed by atoms with E-state index in [1.807, 2.05) is 0 Å². The van der Waals surface area contributed by atoms with Gasteiger partial charge in [0.05, 0.1) is 0 Å². The Morgan fingerprint density at radius 2 is 1.41 bits per heavy atom. The topological polar surface area (TPSA) is 60.4 Å². The van der Waals surface area contributed by atoms with Gasteiger partial charge in [0.25, 0.3) is 0 Å². The molecule has 0 bridgehead atoms. The van der Waals surface area contributed by atoms with Gasteiger partial charge in [-0.05, 0) is 32.5 Å². The first-order valence-corrected chi connectivity index (χ1v) is 10.1. The lowest BCUT2D eigenvalue weighted by Crippen LogP contribution is -2.43. The SMILES string of the molecule is CCCCCCCCCCCCC(=S)[S+]([O-])C(C)(C)C(=O)O. The van der Waals surface area contributed by atoms with Crippen LogP contribution < -0.4 is 0 Å². The summed E-state index contributed by atoms with van der Waals surface area (Å²) < 4.78 is 11.2. The van der Waals surface area contributed by atoms with Crippen molar-refractivity contribution in [2.45, 2.75) is 96.1 Å². The van der Waals surface area contributed by atoms with Crippen LogP contribution in [0.3, 0.4) is 0 Å². The van der Waals surface area contributed by atoms with Gasteiger partial charge in [-0.25, -0.2) is 4.79 Å². The van der Waals surface area contributed by atoms with Gasteiger partial charge in [-0.15, -0.1) is 0 Å². The summed E-state index contributed by atoms with van der Waals surface area (Å²) in [4.78, 5) is 11.1. The normalized spacial score (nSPS) is 13.1. The third-order valence-corrected chi connectivity index (χ3v) is 6.30. The van der Waals surface area contributed by atoms with Crippen LogP contribution in [0.15, 0.2) is 0 Å². The zero-order valence-corrected chi connectivity index (χ0v) is 16.0. The number of carbonyl (C=O) groups is 1. The minimum Gasteiger partial charge on any atom is -0.610 e. The molecule has 0 fully saturated rings. The molecular weight excluding hydrogens is 316 g/mol. The van der Waals surface area contributed by atoms with E-state index < -0.39 is 21.9 Å². The van der Waals surface area contributed by atoms with E-state index in [9.17, 15) is 9.35 Å². The molecule has 22 heavy (non-hydrogen) atoms. The van der Waals surface area contributed by atoms with Crippen molar-refractivity contribution in [2.24, 2.45) is 0 Å². The number of carboxylic acids is 1. The summed E-state index contributed by atoms with van der Waals surface area (Å²) in [6.07, 6.45) is 13.0. The Bertz CT molecular complexity index is 330. The zero-order valence-electron chi connectivity index (χ0n) is 14.4. The average Bonchev–Trinajstić information content (AvgIpc) is 2.47. The van der Waals surface area contributed by atoms with Gasteiger partial charge < -0.3 is 9.66 Å². The molecular formula is C17H32O3S2. The molecule has 1 unspecified atom stereocenters. The molecule has 0 radical (unpaired) electrons. The van der Waals surface area contributed by atoms with Gasteiger partial charge in [0, 0.05) is 17.6 Å². The average molecular weight is 349 g/mol. The molecule has 0 aromatic rings. The third kappa shape index (κ3) is 9.11. The summed E-state index contributed by atoms with van der Waals surface area (Å²) in [6.45, 7) is 5.17. The summed E-state index contributed by atoms with van der Waals surface area (Å²) in [6, 6.07) is 0. The first-order chi connectivity index (χ1) is 10.3. The molecule has 0 saturated heterocycles. The van der Waals surface area contributed by atoms with Gasteiger partial charge in [0.2, 0.25) is 4.75 Å². The van der Waals surface area contributed by atoms with E-state index in [-0.39, 0.29) is 0 Å². The molecule has 0 aliphatic heterocycles. The van der Waals surface area contributed by atoms with Crippen LogP contribution in [-0.4, -0.2) is 24.6 Å². The monoisotopic (exact) mass is 348 g/mol. The largest absolute Gasteiger partial charge is 0.610 e. The van der Waals surface area contributed by atoms with Crippen LogP contribution in [0.25, 0.3) is 0 Å². The van der Waals surface area contributed by atoms with Crippen molar-refractivity contribution in [1.29, 1.82) is 0 Å². The van der Waals surface area contributed by atoms with Gasteiger partial charge >= 0.3 is 5.97 Å². The van der Waals surface area contributed by atoms with E-state index in [0.29, 0.717) is 10.6 Å². The number of thiocarbonyl (C=S) groups is 1. The predicted octanol–water partition coefficient (Wildman–Crippen LogP) is 5.24. The van der Waals surface area contributed by atoms with E-state index in [1.165, 1.54) is 65.2 Å². The van der Waals surface area contributed by atoms with Gasteiger partial charge in [0.1, 0.15) is 0 Å². The number of hydrogen-bond donors (Lipinski definition) is 1. The zero-order chi connectivity index (χ0) is 17.0. The second-order valence-corrected chi connectivity index (χ2v) is 9.19. The smallest absolute Gasteiger partial charge is 0.360 e. The Morgan fingerprint density at radius 1 is 1.00 bits per heavy atom. The standard InChI is InChI=1S/C17H32O3S2/c1-4-5-6-7-8-9-10-11-12-13-14-15(21)22(20)17(2,3)16(18)19/h4-14H2,1-3H3,(H,18,19). The highest BCUT2D eigenvalue weighted by molar-refractivity contribution is 8.18. The fourth-order valence-corrected chi connectivity index (χ4v) is 4.04. The maximum Gasteiger partial charge on any atom is 0.360 e. The molecule has 0 aliphatic carbocycles. The summed E-state index contributed by atoms with van der Waals surface area (Å²) >= 11 is 3.55. The van der Waals surface area contributed by atoms with Crippen molar-refractivity contribution in [3.63, 3.8) is 0 Å². The number of hydrogen-bond acceptors (Lipinski definition) is 3. The predicted molar refractivity (Wildman–Crippen MR) is 98.9 cm³/mol. The number of unbranched alkanes of at least 4 members (excludes halogenated alkanes) is 9. The Kier molecular flexibility index (Phi) is 12.2. The number of rotatable bonds is 13. The molecule has 0 heterocycles. The summed E-state index contributed by atoms with van der Waals surface area (Å²) in [7, 11) is 0. The maximum atomic E-state index is 12.1. The fraction of sp³-hybridized carbons (Fsp3) is 0.882. The van der Waals surface area contributed by atoms with Crippen LogP contribution in [0.1, 0.15) is 91.4 Å². The van der Waals surface area contributed by atoms with E-state index in [4.69, 9.17) is 17.3 Å². The van der Waals surface area contributed by atoms with Crippen LogP contribution in [0.2, 0.25) is 0 Å². The summed E-state index contributed by atoms with van der Waals surface area (Å²) in [5.74, 6) is -1.06. The van der Waals surface area contributed by atoms with Crippen molar-refractivity contribution < 1.29 is 14.5 Å². The molecule has 0 saturated carbocycles. The van der Waals surface area contributed by atoms with Crippen LogP contribution in [0.4, 0.5) is 0 Å². The molecule has 0 aliphatic rings. The molecule has 1 atom stereocenters. The van der Waals surface area contributed by atoms with Crippen LogP contribution in [0.5, 0.6) is 0 Å². The van der Waals surface area contributed by atoms with Gasteiger partial charge in [-0.2, -0.15) is 0 Å². The minimum atomic E-state index is -1.59. The van der Waals surface area contributed by atoms with Crippen molar-refractivity contribution in [3.05, 3.63) is 0 Å². The minimum absolute atomic E-state index is 0.395. The van der Waals surface area contributed by atoms with Crippen LogP contribution in [-0.2, 0) is 16.0 Å². The molecule has 0 amide bonds. The molecule has 1 N–H and O–H groups in total. The Labute approximate surface area is 144 Å². The third-order valence-electron chi connectivity index (χ3n) is 3.92. The van der Waals surface area contributed by atoms with Gasteiger partial charge in [0.15, 0.2) is 4.20 Å². The molecule has 0 aromatic carbocycles. The fourth-order valence-electron chi connectivity index (χ4n) is 2.21. The lowest BCUT2D eigenvalue weighted by Gasteiger charge is -2.24. The first-order valence-electron chi connectivity index (χ1n) is 8.52. The summed E-state index contributed by atoms with van der Waals surface area (Å²) in [5.41, 5.74) is 0. The second kappa shape index (κ2) is 12.3. The van der Waals surface area contributed by atoms with Crippen LogP contribution in [0, 0.1) is 0 Å². The lowest BCUT2D eigenvalue weighted by molar-refractivity contribution is -0.139. The van der Waals surface area contributed by atoms with Gasteiger partial charge in [-0.1, -0.05) is 64.7 Å². The molecule has 0 spiro atoms. The first kappa shape index (κ1) is 21.9. The maximum absolute atomic E-state index is 12.1. The Balaban J connectivity index is 3.63. The number of carboxylic acid groups (broad SMARTS) is 1. The summed E-state index contributed by atoms with van der Waals surface area (Å²) in [5, 5.41) is 9.05. The van der Waals surface area contributed by atoms with E-state index >= 15 is 0 Å². The van der Waals surface area contributed by atoms with Crippen molar-refractivity contribution in [1.82, 2.24) is 0 Å². The van der Waals surface area contributed by atoms with Gasteiger partial charge in [-0.3, -0.25) is 0 Å². The van der Waals surface area contributed by atoms with Crippen molar-refractivity contribution in [2.75, 3.05) is 0 Å². The highest BCUT2D eigenvalue weighted by Gasteiger charge is 2.42. The molecule has 0 aromatic heterocycles. The Morgan fingerprint density at radius 3 is 1.82 bits per heavy atom. The van der Waals surface area contributed by atoms with E-state index in [0.717, 1.165) is 12.8 Å². The molecule has 130 valence electrons. The second-order valence-electron chi connectivity index (χ2n) is 6.39. The van der Waals surface area contributed by atoms with Crippen LogP contribution >= 0.6 is 12.2 Å². The van der Waals surface area contributed by atoms with E-state index in [1.54, 1.807) is 0 Å². The molecule has 0 rings (SSSR count). The molecule has 3 nitrogen and oxygen atoms in total. The number of aliphatic carboxylic acids is 1. The quantitative estimate of drug-likeness (QED) is 0.281. The highest BCUT2D eigenvalue weighted by Crippen LogP contribution is 2.22. The van der Waals surface area contributed by atoms with Crippen molar-refractivity contribution in [3.8, 4) is 0 Å². The van der Waals surface area contributed by atoms with Crippen molar-refractivity contribution >= 4 is 33.6 Å². The lowest BCUT2D eigenvalue weighted by atomic mass is 10.1. The van der Waals surface area contributed by atoms with E-state index in [2.05, 4.69) is 6.92 Å². The Hall–Kier alpha value is -0.130. The highest BCUT2D eigenvalue weighted by atomic mass is 32.2. The molecule has 5 heteroatoms.